The van der Waals surface area contributed by atoms with Crippen LogP contribution in [0, 0.1) is 5.92 Å². The summed E-state index contributed by atoms with van der Waals surface area (Å²) in [5.74, 6) is 3.06. The summed E-state index contributed by atoms with van der Waals surface area (Å²) < 4.78 is 10.5. The van der Waals surface area contributed by atoms with Gasteiger partial charge in [0.05, 0.1) is 14.2 Å². The Morgan fingerprint density at radius 3 is 1.70 bits per heavy atom. The molecule has 2 aromatic carbocycles. The summed E-state index contributed by atoms with van der Waals surface area (Å²) in [6, 6.07) is 17.0. The van der Waals surface area contributed by atoms with Crippen molar-refractivity contribution in [2.45, 2.75) is 39.0 Å². The zero-order chi connectivity index (χ0) is 16.7. The highest BCUT2D eigenvalue weighted by atomic mass is 16.5. The van der Waals surface area contributed by atoms with E-state index in [0.29, 0.717) is 11.8 Å². The van der Waals surface area contributed by atoms with Gasteiger partial charge in [-0.15, -0.1) is 0 Å². The van der Waals surface area contributed by atoms with Crippen molar-refractivity contribution in [3.8, 4) is 11.5 Å². The predicted octanol–water partition coefficient (Wildman–Crippen LogP) is 5.47. The zero-order valence-electron chi connectivity index (χ0n) is 14.7. The molecule has 2 aromatic rings. The first-order chi connectivity index (χ1) is 11.2. The molecule has 0 saturated carbocycles. The van der Waals surface area contributed by atoms with E-state index in [-0.39, 0.29) is 0 Å². The van der Waals surface area contributed by atoms with Crippen LogP contribution in [-0.4, -0.2) is 14.2 Å². The van der Waals surface area contributed by atoms with Crippen LogP contribution in [-0.2, 0) is 6.42 Å². The summed E-state index contributed by atoms with van der Waals surface area (Å²) in [7, 11) is 3.42. The van der Waals surface area contributed by atoms with Gasteiger partial charge >= 0.3 is 0 Å². The second-order valence-corrected chi connectivity index (χ2v) is 6.01. The second-order valence-electron chi connectivity index (χ2n) is 6.01. The number of rotatable bonds is 8. The molecule has 2 atom stereocenters. The molecule has 0 saturated heterocycles. The molecule has 0 aliphatic rings. The quantitative estimate of drug-likeness (QED) is 0.644. The van der Waals surface area contributed by atoms with Crippen LogP contribution in [0.4, 0.5) is 0 Å². The van der Waals surface area contributed by atoms with E-state index in [1.165, 1.54) is 17.5 Å². The van der Waals surface area contributed by atoms with Crippen LogP contribution in [0.5, 0.6) is 11.5 Å². The fraction of sp³-hybridized carbons (Fsp3) is 0.429. The molecule has 2 heteroatoms. The van der Waals surface area contributed by atoms with Crippen LogP contribution in [0.25, 0.3) is 0 Å². The summed E-state index contributed by atoms with van der Waals surface area (Å²) in [6.45, 7) is 4.58. The highest BCUT2D eigenvalue weighted by Gasteiger charge is 2.20. The SMILES string of the molecule is CCC(Cc1ccc(OC)cc1)C(CC)c1ccc(OC)cc1. The molecule has 0 N–H and O–H groups in total. The fourth-order valence-electron chi connectivity index (χ4n) is 3.33. The Morgan fingerprint density at radius 2 is 1.26 bits per heavy atom. The average Bonchev–Trinajstić information content (AvgIpc) is 2.62. The van der Waals surface area contributed by atoms with Crippen LogP contribution in [0.2, 0.25) is 0 Å². The standard InChI is InChI=1S/C21H28O2/c1-5-17(15-16-7-11-19(22-3)12-8-16)21(6-2)18-9-13-20(23-4)14-10-18/h7-14,17,21H,5-6,15H2,1-4H3. The molecule has 0 aromatic heterocycles. The monoisotopic (exact) mass is 312 g/mol. The van der Waals surface area contributed by atoms with Crippen molar-refractivity contribution in [2.75, 3.05) is 14.2 Å². The van der Waals surface area contributed by atoms with Crippen molar-refractivity contribution < 1.29 is 9.47 Å². The molecule has 0 radical (unpaired) electrons. The Morgan fingerprint density at radius 1 is 0.739 bits per heavy atom. The molecule has 0 heterocycles. The van der Waals surface area contributed by atoms with Gasteiger partial charge in [0.1, 0.15) is 11.5 Å². The maximum Gasteiger partial charge on any atom is 0.118 e. The van der Waals surface area contributed by atoms with Crippen LogP contribution in [0.1, 0.15) is 43.7 Å². The minimum absolute atomic E-state index is 0.577. The van der Waals surface area contributed by atoms with Crippen LogP contribution in [0.15, 0.2) is 48.5 Å². The fourth-order valence-corrected chi connectivity index (χ4v) is 3.33. The van der Waals surface area contributed by atoms with E-state index in [4.69, 9.17) is 9.47 Å². The van der Waals surface area contributed by atoms with Gasteiger partial charge in [0, 0.05) is 0 Å². The Labute approximate surface area is 140 Å². The molecule has 0 aliphatic heterocycles. The van der Waals surface area contributed by atoms with Gasteiger partial charge in [0.25, 0.3) is 0 Å². The van der Waals surface area contributed by atoms with E-state index in [2.05, 4.69) is 62.4 Å². The lowest BCUT2D eigenvalue weighted by atomic mass is 9.79. The molecule has 2 rings (SSSR count). The Balaban J connectivity index is 2.14. The van der Waals surface area contributed by atoms with Gasteiger partial charge in [0.2, 0.25) is 0 Å². The average molecular weight is 312 g/mol. The van der Waals surface area contributed by atoms with E-state index in [0.717, 1.165) is 24.3 Å². The van der Waals surface area contributed by atoms with E-state index < -0.39 is 0 Å². The molecule has 0 bridgehead atoms. The number of methoxy groups -OCH3 is 2. The third-order valence-corrected chi connectivity index (χ3v) is 4.73. The van der Waals surface area contributed by atoms with Crippen molar-refractivity contribution in [2.24, 2.45) is 5.92 Å². The normalized spacial score (nSPS) is 13.4. The van der Waals surface area contributed by atoms with Crippen molar-refractivity contribution in [1.29, 1.82) is 0 Å². The summed E-state index contributed by atoms with van der Waals surface area (Å²) in [5.41, 5.74) is 2.79. The number of benzene rings is 2. The highest BCUT2D eigenvalue weighted by molar-refractivity contribution is 5.31. The maximum atomic E-state index is 5.27. The molecule has 0 spiro atoms. The summed E-state index contributed by atoms with van der Waals surface area (Å²) >= 11 is 0. The van der Waals surface area contributed by atoms with Crippen molar-refractivity contribution in [3.63, 3.8) is 0 Å². The second kappa shape index (κ2) is 8.61. The molecule has 0 amide bonds. The maximum absolute atomic E-state index is 5.27. The third-order valence-electron chi connectivity index (χ3n) is 4.73. The van der Waals surface area contributed by atoms with Crippen LogP contribution in [0.3, 0.4) is 0 Å². The Bertz CT molecular complexity index is 572. The molecular weight excluding hydrogens is 284 g/mol. The lowest BCUT2D eigenvalue weighted by Gasteiger charge is -2.26. The predicted molar refractivity (Wildman–Crippen MR) is 96.5 cm³/mol. The summed E-state index contributed by atoms with van der Waals surface area (Å²) in [4.78, 5) is 0. The van der Waals surface area contributed by atoms with Crippen molar-refractivity contribution in [1.82, 2.24) is 0 Å². The smallest absolute Gasteiger partial charge is 0.118 e. The van der Waals surface area contributed by atoms with Gasteiger partial charge in [-0.3, -0.25) is 0 Å². The minimum Gasteiger partial charge on any atom is -0.497 e. The molecule has 124 valence electrons. The van der Waals surface area contributed by atoms with E-state index in [1.807, 2.05) is 0 Å². The molecular formula is C21H28O2. The van der Waals surface area contributed by atoms with Crippen LogP contribution >= 0.6 is 0 Å². The van der Waals surface area contributed by atoms with Crippen molar-refractivity contribution in [3.05, 3.63) is 59.7 Å². The van der Waals surface area contributed by atoms with Gasteiger partial charge < -0.3 is 9.47 Å². The molecule has 2 unspecified atom stereocenters. The summed E-state index contributed by atoms with van der Waals surface area (Å²) in [5, 5.41) is 0. The van der Waals surface area contributed by atoms with Gasteiger partial charge in [-0.2, -0.15) is 0 Å². The molecule has 0 fully saturated rings. The topological polar surface area (TPSA) is 18.5 Å². The van der Waals surface area contributed by atoms with Crippen molar-refractivity contribution >= 4 is 0 Å². The highest BCUT2D eigenvalue weighted by Crippen LogP contribution is 2.34. The third kappa shape index (κ3) is 4.51. The first-order valence-corrected chi connectivity index (χ1v) is 8.48. The van der Waals surface area contributed by atoms with Crippen LogP contribution < -0.4 is 9.47 Å². The molecule has 23 heavy (non-hydrogen) atoms. The largest absolute Gasteiger partial charge is 0.497 e. The van der Waals surface area contributed by atoms with E-state index >= 15 is 0 Å². The zero-order valence-corrected chi connectivity index (χ0v) is 14.7. The molecule has 2 nitrogen and oxygen atoms in total. The van der Waals surface area contributed by atoms with Gasteiger partial charge in [-0.1, -0.05) is 44.5 Å². The number of hydrogen-bond donors (Lipinski definition) is 0. The Kier molecular flexibility index (Phi) is 6.52. The number of ether oxygens (including phenoxy) is 2. The van der Waals surface area contributed by atoms with Gasteiger partial charge in [0.15, 0.2) is 0 Å². The van der Waals surface area contributed by atoms with Gasteiger partial charge in [-0.25, -0.2) is 0 Å². The van der Waals surface area contributed by atoms with E-state index in [9.17, 15) is 0 Å². The first-order valence-electron chi connectivity index (χ1n) is 8.48. The van der Waals surface area contributed by atoms with Gasteiger partial charge in [-0.05, 0) is 60.1 Å². The lowest BCUT2D eigenvalue weighted by Crippen LogP contribution is -2.14. The number of hydrogen-bond acceptors (Lipinski definition) is 2. The minimum atomic E-state index is 0.577. The Hall–Kier alpha value is -1.96. The lowest BCUT2D eigenvalue weighted by molar-refractivity contribution is 0.394. The van der Waals surface area contributed by atoms with E-state index in [1.54, 1.807) is 14.2 Å². The summed E-state index contributed by atoms with van der Waals surface area (Å²) in [6.07, 6.45) is 3.43. The first kappa shape index (κ1) is 17.4. The molecule has 0 aliphatic carbocycles.